The molecule has 0 saturated heterocycles. The number of nitrogens with zero attached hydrogens (tertiary/aromatic N) is 2. The fourth-order valence-electron chi connectivity index (χ4n) is 2.96. The van der Waals surface area contributed by atoms with Gasteiger partial charge < -0.3 is 14.5 Å². The standard InChI is InChI=1S/C24H19F2N3O3S/c1-15(31-20-10-6-5-9-19(20)26)23-28-29-24(32-23)33-21(16-7-3-2-4-8-16)22(30)27-18-13-11-17(25)12-14-18/h2-15,21H,1H3,(H,27,30)/t15-,21+/m1/s1. The quantitative estimate of drug-likeness (QED) is 0.322. The van der Waals surface area contributed by atoms with E-state index in [2.05, 4.69) is 15.5 Å². The number of para-hydroxylation sites is 1. The van der Waals surface area contributed by atoms with Crippen molar-refractivity contribution in [2.24, 2.45) is 0 Å². The van der Waals surface area contributed by atoms with E-state index in [0.29, 0.717) is 5.69 Å². The molecule has 0 aliphatic carbocycles. The zero-order chi connectivity index (χ0) is 23.2. The molecule has 0 radical (unpaired) electrons. The van der Waals surface area contributed by atoms with Crippen LogP contribution < -0.4 is 10.1 Å². The SMILES string of the molecule is C[C@@H](Oc1ccccc1F)c1nnc(S[C@H](C(=O)Nc2ccc(F)cc2)c2ccccc2)o1. The molecule has 1 amide bonds. The molecule has 168 valence electrons. The van der Waals surface area contributed by atoms with E-state index in [0.717, 1.165) is 17.3 Å². The summed E-state index contributed by atoms with van der Waals surface area (Å²) < 4.78 is 38.3. The number of ether oxygens (including phenoxy) is 1. The molecular weight excluding hydrogens is 448 g/mol. The molecule has 4 aromatic rings. The first-order valence-corrected chi connectivity index (χ1v) is 10.9. The minimum absolute atomic E-state index is 0.0678. The van der Waals surface area contributed by atoms with Crippen LogP contribution in [0.4, 0.5) is 14.5 Å². The molecule has 0 aliphatic rings. The summed E-state index contributed by atoms with van der Waals surface area (Å²) in [4.78, 5) is 13.0. The largest absolute Gasteiger partial charge is 0.478 e. The predicted octanol–water partition coefficient (Wildman–Crippen LogP) is 5.96. The van der Waals surface area contributed by atoms with E-state index in [1.807, 2.05) is 30.3 Å². The number of aromatic nitrogens is 2. The van der Waals surface area contributed by atoms with E-state index >= 15 is 0 Å². The molecule has 0 bridgehead atoms. The van der Waals surface area contributed by atoms with Gasteiger partial charge in [-0.3, -0.25) is 4.79 Å². The second-order valence-corrected chi connectivity index (χ2v) is 8.06. The Hall–Kier alpha value is -3.72. The highest BCUT2D eigenvalue weighted by atomic mass is 32.2. The van der Waals surface area contributed by atoms with Gasteiger partial charge in [0.15, 0.2) is 17.7 Å². The van der Waals surface area contributed by atoms with Crippen molar-refractivity contribution in [2.75, 3.05) is 5.32 Å². The maximum atomic E-state index is 13.9. The second kappa shape index (κ2) is 10.3. The van der Waals surface area contributed by atoms with Gasteiger partial charge in [-0.1, -0.05) is 42.5 Å². The summed E-state index contributed by atoms with van der Waals surface area (Å²) in [7, 11) is 0. The van der Waals surface area contributed by atoms with Crippen molar-refractivity contribution in [3.05, 3.63) is 102 Å². The van der Waals surface area contributed by atoms with E-state index in [1.165, 1.54) is 36.4 Å². The van der Waals surface area contributed by atoms with E-state index in [-0.39, 0.29) is 22.8 Å². The molecule has 0 saturated carbocycles. The summed E-state index contributed by atoms with van der Waals surface area (Å²) in [5.41, 5.74) is 1.18. The Morgan fingerprint density at radius 3 is 2.39 bits per heavy atom. The van der Waals surface area contributed by atoms with Crippen LogP contribution in [0.25, 0.3) is 0 Å². The average Bonchev–Trinajstić information content (AvgIpc) is 3.30. The zero-order valence-corrected chi connectivity index (χ0v) is 18.3. The first-order chi connectivity index (χ1) is 16.0. The highest BCUT2D eigenvalue weighted by molar-refractivity contribution is 8.00. The third-order valence-electron chi connectivity index (χ3n) is 4.58. The summed E-state index contributed by atoms with van der Waals surface area (Å²) in [6.45, 7) is 1.66. The number of carbonyl (C=O) groups excluding carboxylic acids is 1. The summed E-state index contributed by atoms with van der Waals surface area (Å²) in [5, 5.41) is 10.2. The number of rotatable bonds is 8. The summed E-state index contributed by atoms with van der Waals surface area (Å²) in [6.07, 6.45) is -0.702. The predicted molar refractivity (Wildman–Crippen MR) is 120 cm³/mol. The third-order valence-corrected chi connectivity index (χ3v) is 5.67. The van der Waals surface area contributed by atoms with Crippen molar-refractivity contribution in [1.29, 1.82) is 0 Å². The Kier molecular flexibility index (Phi) is 6.99. The molecule has 2 atom stereocenters. The molecule has 0 spiro atoms. The molecule has 3 aromatic carbocycles. The van der Waals surface area contributed by atoms with Crippen LogP contribution in [0.15, 0.2) is 88.5 Å². The van der Waals surface area contributed by atoms with Crippen molar-refractivity contribution in [3.8, 4) is 5.75 Å². The fourth-order valence-corrected chi connectivity index (χ4v) is 3.84. The Morgan fingerprint density at radius 1 is 0.970 bits per heavy atom. The van der Waals surface area contributed by atoms with Gasteiger partial charge in [0.05, 0.1) is 0 Å². The molecule has 0 unspecified atom stereocenters. The van der Waals surface area contributed by atoms with Crippen LogP contribution in [0.1, 0.15) is 29.7 Å². The van der Waals surface area contributed by atoms with Gasteiger partial charge in [-0.25, -0.2) is 8.78 Å². The fraction of sp³-hybridized carbons (Fsp3) is 0.125. The molecule has 1 aromatic heterocycles. The van der Waals surface area contributed by atoms with Crippen LogP contribution in [0, 0.1) is 11.6 Å². The Balaban J connectivity index is 1.51. The molecule has 1 heterocycles. The number of carbonyl (C=O) groups is 1. The van der Waals surface area contributed by atoms with Gasteiger partial charge in [0.25, 0.3) is 11.1 Å². The van der Waals surface area contributed by atoms with E-state index in [4.69, 9.17) is 9.15 Å². The van der Waals surface area contributed by atoms with Crippen LogP contribution in [-0.2, 0) is 4.79 Å². The van der Waals surface area contributed by atoms with Gasteiger partial charge in [-0.05, 0) is 60.6 Å². The van der Waals surface area contributed by atoms with Gasteiger partial charge in [0, 0.05) is 5.69 Å². The molecule has 0 fully saturated rings. The lowest BCUT2D eigenvalue weighted by molar-refractivity contribution is -0.115. The number of hydrogen-bond acceptors (Lipinski definition) is 6. The number of nitrogens with one attached hydrogen (secondary N) is 1. The summed E-state index contributed by atoms with van der Waals surface area (Å²) >= 11 is 1.06. The van der Waals surface area contributed by atoms with Crippen LogP contribution >= 0.6 is 11.8 Å². The smallest absolute Gasteiger partial charge is 0.277 e. The molecule has 0 aliphatic heterocycles. The molecule has 6 nitrogen and oxygen atoms in total. The topological polar surface area (TPSA) is 77.2 Å². The lowest BCUT2D eigenvalue weighted by Gasteiger charge is -2.15. The first kappa shape index (κ1) is 22.5. The lowest BCUT2D eigenvalue weighted by atomic mass is 10.1. The Morgan fingerprint density at radius 2 is 1.67 bits per heavy atom. The van der Waals surface area contributed by atoms with Crippen molar-refractivity contribution in [2.45, 2.75) is 23.5 Å². The van der Waals surface area contributed by atoms with Crippen LogP contribution in [0.5, 0.6) is 5.75 Å². The Bertz CT molecular complexity index is 1220. The number of hydrogen-bond donors (Lipinski definition) is 1. The number of amides is 1. The van der Waals surface area contributed by atoms with E-state index < -0.39 is 23.0 Å². The van der Waals surface area contributed by atoms with Crippen molar-refractivity contribution < 1.29 is 22.7 Å². The maximum Gasteiger partial charge on any atom is 0.277 e. The van der Waals surface area contributed by atoms with Crippen LogP contribution in [-0.4, -0.2) is 16.1 Å². The summed E-state index contributed by atoms with van der Waals surface area (Å²) in [5.74, 6) is -1.02. The average molecular weight is 467 g/mol. The Labute approximate surface area is 193 Å². The highest BCUT2D eigenvalue weighted by Crippen LogP contribution is 2.36. The molecule has 9 heteroatoms. The third kappa shape index (κ3) is 5.75. The van der Waals surface area contributed by atoms with Crippen molar-refractivity contribution in [3.63, 3.8) is 0 Å². The zero-order valence-electron chi connectivity index (χ0n) is 17.4. The lowest BCUT2D eigenvalue weighted by Crippen LogP contribution is -2.19. The second-order valence-electron chi connectivity index (χ2n) is 7.00. The molecule has 33 heavy (non-hydrogen) atoms. The van der Waals surface area contributed by atoms with Gasteiger partial charge in [0.1, 0.15) is 11.1 Å². The molecule has 1 N–H and O–H groups in total. The first-order valence-electron chi connectivity index (χ1n) is 10.0. The highest BCUT2D eigenvalue weighted by Gasteiger charge is 2.26. The van der Waals surface area contributed by atoms with Crippen molar-refractivity contribution in [1.82, 2.24) is 10.2 Å². The molecular formula is C24H19F2N3O3S. The summed E-state index contributed by atoms with van der Waals surface area (Å²) in [6, 6.07) is 20.6. The van der Waals surface area contributed by atoms with E-state index in [9.17, 15) is 13.6 Å². The van der Waals surface area contributed by atoms with Gasteiger partial charge in [0.2, 0.25) is 5.91 Å². The monoisotopic (exact) mass is 467 g/mol. The van der Waals surface area contributed by atoms with E-state index in [1.54, 1.807) is 19.1 Å². The van der Waals surface area contributed by atoms with Crippen LogP contribution in [0.2, 0.25) is 0 Å². The normalized spacial score (nSPS) is 12.7. The van der Waals surface area contributed by atoms with Gasteiger partial charge in [-0.2, -0.15) is 0 Å². The molecule has 4 rings (SSSR count). The number of benzene rings is 3. The number of anilines is 1. The van der Waals surface area contributed by atoms with Crippen LogP contribution in [0.3, 0.4) is 0 Å². The minimum Gasteiger partial charge on any atom is -0.478 e. The minimum atomic E-state index is -0.715. The van der Waals surface area contributed by atoms with Crippen molar-refractivity contribution >= 4 is 23.4 Å². The number of halogens is 2. The van der Waals surface area contributed by atoms with Gasteiger partial charge in [-0.15, -0.1) is 10.2 Å². The van der Waals surface area contributed by atoms with Gasteiger partial charge >= 0.3 is 0 Å². The maximum absolute atomic E-state index is 13.9. The number of thioether (sulfide) groups is 1.